The van der Waals surface area contributed by atoms with Gasteiger partial charge in [0.05, 0.1) is 0 Å². The molecule has 0 radical (unpaired) electrons. The maximum absolute atomic E-state index is 13.1. The first kappa shape index (κ1) is 8.88. The standard InChI is InChI=1S/C9H6ClF3/c10-6-1-5-3-9(12,13)4-7(5)8(11)2-6/h1-2H,3-4H2. The summed E-state index contributed by atoms with van der Waals surface area (Å²) in [5.41, 5.74) is 0.435. The average Bonchev–Trinajstić information content (AvgIpc) is 2.23. The smallest absolute Gasteiger partial charge is 0.207 e. The molecule has 0 aromatic heterocycles. The number of halogens is 4. The highest BCUT2D eigenvalue weighted by atomic mass is 35.5. The number of fused-ring (bicyclic) bond motifs is 1. The highest BCUT2D eigenvalue weighted by molar-refractivity contribution is 6.30. The Balaban J connectivity index is 2.52. The summed E-state index contributed by atoms with van der Waals surface area (Å²) in [5.74, 6) is -3.44. The molecule has 70 valence electrons. The van der Waals surface area contributed by atoms with E-state index in [2.05, 4.69) is 0 Å². The van der Waals surface area contributed by atoms with Crippen LogP contribution in [0.5, 0.6) is 0 Å². The Bertz CT molecular complexity index is 360. The third-order valence-corrected chi connectivity index (χ3v) is 2.36. The van der Waals surface area contributed by atoms with Crippen molar-refractivity contribution in [3.63, 3.8) is 0 Å². The molecular weight excluding hydrogens is 201 g/mol. The second-order valence-corrected chi connectivity index (χ2v) is 3.67. The van der Waals surface area contributed by atoms with E-state index in [1.54, 1.807) is 0 Å². The highest BCUT2D eigenvalue weighted by Crippen LogP contribution is 2.36. The van der Waals surface area contributed by atoms with Crippen LogP contribution in [0.2, 0.25) is 5.02 Å². The van der Waals surface area contributed by atoms with Gasteiger partial charge in [0.2, 0.25) is 0 Å². The van der Waals surface area contributed by atoms with Gasteiger partial charge >= 0.3 is 0 Å². The quantitative estimate of drug-likeness (QED) is 0.612. The number of rotatable bonds is 0. The molecule has 4 heteroatoms. The Morgan fingerprint density at radius 2 is 1.92 bits per heavy atom. The molecule has 0 N–H and O–H groups in total. The number of hydrogen-bond acceptors (Lipinski definition) is 0. The van der Waals surface area contributed by atoms with Crippen molar-refractivity contribution in [1.82, 2.24) is 0 Å². The molecule has 2 rings (SSSR count). The van der Waals surface area contributed by atoms with Gasteiger partial charge in [-0.3, -0.25) is 0 Å². The maximum atomic E-state index is 13.1. The molecule has 0 nitrogen and oxygen atoms in total. The predicted molar refractivity (Wildman–Crippen MR) is 43.8 cm³/mol. The van der Waals surface area contributed by atoms with Crippen molar-refractivity contribution >= 4 is 11.6 Å². The van der Waals surface area contributed by atoms with Crippen molar-refractivity contribution in [2.75, 3.05) is 0 Å². The normalized spacial score (nSPS) is 18.8. The molecule has 0 heterocycles. The third-order valence-electron chi connectivity index (χ3n) is 2.14. The predicted octanol–water partition coefficient (Wildman–Crippen LogP) is 3.21. The van der Waals surface area contributed by atoms with Crippen LogP contribution in [-0.4, -0.2) is 5.92 Å². The van der Waals surface area contributed by atoms with E-state index in [0.29, 0.717) is 5.56 Å². The molecule has 0 aliphatic heterocycles. The minimum Gasteiger partial charge on any atom is -0.207 e. The zero-order valence-electron chi connectivity index (χ0n) is 6.58. The van der Waals surface area contributed by atoms with Crippen molar-refractivity contribution in [3.05, 3.63) is 34.1 Å². The molecule has 1 aromatic carbocycles. The molecule has 0 unspecified atom stereocenters. The summed E-state index contributed by atoms with van der Waals surface area (Å²) in [6, 6.07) is 2.47. The van der Waals surface area contributed by atoms with Crippen LogP contribution in [0.1, 0.15) is 11.1 Å². The van der Waals surface area contributed by atoms with Crippen LogP contribution in [0.3, 0.4) is 0 Å². The van der Waals surface area contributed by atoms with Crippen LogP contribution in [-0.2, 0) is 12.8 Å². The molecule has 1 aliphatic rings. The van der Waals surface area contributed by atoms with Crippen LogP contribution < -0.4 is 0 Å². The highest BCUT2D eigenvalue weighted by Gasteiger charge is 2.39. The third kappa shape index (κ3) is 1.53. The lowest BCUT2D eigenvalue weighted by Crippen LogP contribution is -2.14. The van der Waals surface area contributed by atoms with Crippen LogP contribution in [0, 0.1) is 5.82 Å². The van der Waals surface area contributed by atoms with Gasteiger partial charge < -0.3 is 0 Å². The molecule has 0 amide bonds. The summed E-state index contributed by atoms with van der Waals surface area (Å²) in [6.07, 6.45) is -0.912. The summed E-state index contributed by atoms with van der Waals surface area (Å²) in [6.45, 7) is 0. The van der Waals surface area contributed by atoms with E-state index >= 15 is 0 Å². The van der Waals surface area contributed by atoms with Crippen LogP contribution in [0.25, 0.3) is 0 Å². The van der Waals surface area contributed by atoms with Crippen LogP contribution in [0.4, 0.5) is 13.2 Å². The first-order valence-corrected chi connectivity index (χ1v) is 4.20. The van der Waals surface area contributed by atoms with Crippen molar-refractivity contribution < 1.29 is 13.2 Å². The molecule has 0 spiro atoms. The lowest BCUT2D eigenvalue weighted by molar-refractivity contribution is 0.0126. The monoisotopic (exact) mass is 206 g/mol. The van der Waals surface area contributed by atoms with Crippen LogP contribution in [0.15, 0.2) is 12.1 Å². The second-order valence-electron chi connectivity index (χ2n) is 3.23. The van der Waals surface area contributed by atoms with Gasteiger partial charge in [0.25, 0.3) is 5.92 Å². The van der Waals surface area contributed by atoms with Crippen molar-refractivity contribution in [2.45, 2.75) is 18.8 Å². The van der Waals surface area contributed by atoms with Gasteiger partial charge in [-0.25, -0.2) is 13.2 Å². The number of benzene rings is 1. The largest absolute Gasteiger partial charge is 0.256 e. The minimum absolute atomic E-state index is 0.106. The molecule has 0 atom stereocenters. The average molecular weight is 207 g/mol. The van der Waals surface area contributed by atoms with Gasteiger partial charge in [-0.05, 0) is 23.3 Å². The fourth-order valence-electron chi connectivity index (χ4n) is 1.61. The molecule has 1 aliphatic carbocycles. The Morgan fingerprint density at radius 3 is 2.62 bits per heavy atom. The first-order chi connectivity index (χ1) is 5.98. The molecular formula is C9H6ClF3. The lowest BCUT2D eigenvalue weighted by Gasteiger charge is -2.04. The number of hydrogen-bond donors (Lipinski definition) is 0. The Hall–Kier alpha value is -0.700. The Kier molecular flexibility index (Phi) is 1.80. The molecule has 0 saturated heterocycles. The molecule has 1 aromatic rings. The summed E-state index contributed by atoms with van der Waals surface area (Å²) in [5, 5.41) is 0.175. The zero-order chi connectivity index (χ0) is 9.64. The van der Waals surface area contributed by atoms with E-state index in [0.717, 1.165) is 6.07 Å². The van der Waals surface area contributed by atoms with Gasteiger partial charge in [0.15, 0.2) is 0 Å². The van der Waals surface area contributed by atoms with E-state index < -0.39 is 24.6 Å². The number of alkyl halides is 2. The summed E-state index contributed by atoms with van der Waals surface area (Å²) < 4.78 is 38.8. The van der Waals surface area contributed by atoms with Gasteiger partial charge in [0.1, 0.15) is 5.82 Å². The van der Waals surface area contributed by atoms with Crippen molar-refractivity contribution in [2.24, 2.45) is 0 Å². The van der Waals surface area contributed by atoms with E-state index in [4.69, 9.17) is 11.6 Å². The Morgan fingerprint density at radius 1 is 1.23 bits per heavy atom. The molecule has 0 fully saturated rings. The van der Waals surface area contributed by atoms with Gasteiger partial charge in [-0.15, -0.1) is 0 Å². The van der Waals surface area contributed by atoms with E-state index in [1.807, 2.05) is 0 Å². The fraction of sp³-hybridized carbons (Fsp3) is 0.333. The molecule has 0 saturated carbocycles. The van der Waals surface area contributed by atoms with Crippen LogP contribution >= 0.6 is 11.6 Å². The Labute approximate surface area is 78.3 Å². The first-order valence-electron chi connectivity index (χ1n) is 3.82. The topological polar surface area (TPSA) is 0 Å². The van der Waals surface area contributed by atoms with E-state index in [9.17, 15) is 13.2 Å². The SMILES string of the molecule is Fc1cc(Cl)cc2c1CC(F)(F)C2. The zero-order valence-corrected chi connectivity index (χ0v) is 7.34. The fourth-order valence-corrected chi connectivity index (χ4v) is 1.84. The van der Waals surface area contributed by atoms with Crippen molar-refractivity contribution in [1.29, 1.82) is 0 Å². The minimum atomic E-state index is -2.81. The maximum Gasteiger partial charge on any atom is 0.256 e. The van der Waals surface area contributed by atoms with Gasteiger partial charge in [-0.2, -0.15) is 0 Å². The van der Waals surface area contributed by atoms with Crippen molar-refractivity contribution in [3.8, 4) is 0 Å². The second kappa shape index (κ2) is 2.64. The van der Waals surface area contributed by atoms with E-state index in [1.165, 1.54) is 6.07 Å². The van der Waals surface area contributed by atoms with Gasteiger partial charge in [-0.1, -0.05) is 11.6 Å². The molecule has 0 bridgehead atoms. The summed E-state index contributed by atoms with van der Waals surface area (Å²) in [7, 11) is 0. The summed E-state index contributed by atoms with van der Waals surface area (Å²) in [4.78, 5) is 0. The summed E-state index contributed by atoms with van der Waals surface area (Å²) >= 11 is 5.54. The van der Waals surface area contributed by atoms with Gasteiger partial charge in [0, 0.05) is 17.9 Å². The molecule has 13 heavy (non-hydrogen) atoms. The lowest BCUT2D eigenvalue weighted by atomic mass is 10.1. The van der Waals surface area contributed by atoms with E-state index in [-0.39, 0.29) is 10.6 Å².